The maximum atomic E-state index is 12.5. The van der Waals surface area contributed by atoms with Gasteiger partial charge in [0.15, 0.2) is 0 Å². The van der Waals surface area contributed by atoms with E-state index in [-0.39, 0.29) is 12.5 Å². The van der Waals surface area contributed by atoms with Gasteiger partial charge in [-0.25, -0.2) is 0 Å². The van der Waals surface area contributed by atoms with E-state index in [1.165, 1.54) is 0 Å². The van der Waals surface area contributed by atoms with Crippen LogP contribution in [0.1, 0.15) is 23.5 Å². The standard InChI is InChI=1S/C18H23N3O3/c22-14-17-5-4-16(24-17)13-20-7-2-8-21(10-9-20)18(23)11-15-3-1-6-19-12-15/h1,3-6,12,22H,2,7-11,13-14H2. The number of hydrogen-bond acceptors (Lipinski definition) is 5. The van der Waals surface area contributed by atoms with E-state index in [1.54, 1.807) is 18.5 Å². The Bertz CT molecular complexity index is 657. The fourth-order valence-electron chi connectivity index (χ4n) is 2.98. The van der Waals surface area contributed by atoms with E-state index in [9.17, 15) is 4.79 Å². The molecule has 6 heteroatoms. The minimum Gasteiger partial charge on any atom is -0.462 e. The maximum Gasteiger partial charge on any atom is 0.227 e. The third-order valence-electron chi connectivity index (χ3n) is 4.27. The molecule has 0 aliphatic carbocycles. The number of rotatable bonds is 5. The van der Waals surface area contributed by atoms with Crippen molar-refractivity contribution in [2.45, 2.75) is 26.0 Å². The van der Waals surface area contributed by atoms with Crippen molar-refractivity contribution >= 4 is 5.91 Å². The summed E-state index contributed by atoms with van der Waals surface area (Å²) in [7, 11) is 0. The van der Waals surface area contributed by atoms with Gasteiger partial charge in [-0.3, -0.25) is 14.7 Å². The number of aromatic nitrogens is 1. The summed E-state index contributed by atoms with van der Waals surface area (Å²) in [6.07, 6.45) is 4.82. The third kappa shape index (κ3) is 4.43. The smallest absolute Gasteiger partial charge is 0.227 e. The molecule has 0 unspecified atom stereocenters. The highest BCUT2D eigenvalue weighted by Crippen LogP contribution is 2.13. The van der Waals surface area contributed by atoms with E-state index in [1.807, 2.05) is 23.1 Å². The van der Waals surface area contributed by atoms with Gasteiger partial charge in [-0.2, -0.15) is 0 Å². The highest BCUT2D eigenvalue weighted by atomic mass is 16.4. The molecule has 0 spiro atoms. The number of carbonyl (C=O) groups excluding carboxylic acids is 1. The molecule has 2 aromatic rings. The molecule has 0 aromatic carbocycles. The van der Waals surface area contributed by atoms with E-state index < -0.39 is 0 Å². The summed E-state index contributed by atoms with van der Waals surface area (Å²) in [5.74, 6) is 1.60. The molecule has 1 fully saturated rings. The summed E-state index contributed by atoms with van der Waals surface area (Å²) in [4.78, 5) is 20.8. The third-order valence-corrected chi connectivity index (χ3v) is 4.27. The first-order valence-electron chi connectivity index (χ1n) is 8.32. The Hall–Kier alpha value is -2.18. The summed E-state index contributed by atoms with van der Waals surface area (Å²) in [6.45, 7) is 3.92. The molecule has 1 amide bonds. The van der Waals surface area contributed by atoms with Gasteiger partial charge in [-0.05, 0) is 30.2 Å². The molecule has 3 rings (SSSR count). The van der Waals surface area contributed by atoms with Gasteiger partial charge < -0.3 is 14.4 Å². The van der Waals surface area contributed by atoms with Gasteiger partial charge in [0.1, 0.15) is 18.1 Å². The number of hydrogen-bond donors (Lipinski definition) is 1. The average Bonchev–Trinajstić information content (AvgIpc) is 2.92. The van der Waals surface area contributed by atoms with E-state index in [0.29, 0.717) is 18.7 Å². The van der Waals surface area contributed by atoms with Crippen LogP contribution < -0.4 is 0 Å². The van der Waals surface area contributed by atoms with E-state index >= 15 is 0 Å². The molecule has 24 heavy (non-hydrogen) atoms. The van der Waals surface area contributed by atoms with E-state index in [4.69, 9.17) is 9.52 Å². The highest BCUT2D eigenvalue weighted by molar-refractivity contribution is 5.78. The van der Waals surface area contributed by atoms with Gasteiger partial charge in [0.05, 0.1) is 13.0 Å². The molecule has 0 bridgehead atoms. The van der Waals surface area contributed by atoms with Gasteiger partial charge in [-0.15, -0.1) is 0 Å². The fourth-order valence-corrected chi connectivity index (χ4v) is 2.98. The van der Waals surface area contributed by atoms with Crippen LogP contribution in [0.15, 0.2) is 41.1 Å². The van der Waals surface area contributed by atoms with Crippen LogP contribution in [0.2, 0.25) is 0 Å². The molecule has 6 nitrogen and oxygen atoms in total. The lowest BCUT2D eigenvalue weighted by Crippen LogP contribution is -2.36. The van der Waals surface area contributed by atoms with Crippen LogP contribution in [0.25, 0.3) is 0 Å². The average molecular weight is 329 g/mol. The zero-order valence-corrected chi connectivity index (χ0v) is 13.7. The fraction of sp³-hybridized carbons (Fsp3) is 0.444. The van der Waals surface area contributed by atoms with Gasteiger partial charge in [-0.1, -0.05) is 6.07 Å². The van der Waals surface area contributed by atoms with Crippen LogP contribution >= 0.6 is 0 Å². The van der Waals surface area contributed by atoms with Gasteiger partial charge in [0, 0.05) is 38.6 Å². The molecule has 0 saturated carbocycles. The second-order valence-electron chi connectivity index (χ2n) is 6.07. The lowest BCUT2D eigenvalue weighted by atomic mass is 10.2. The molecule has 1 N–H and O–H groups in total. The van der Waals surface area contributed by atoms with Gasteiger partial charge >= 0.3 is 0 Å². The lowest BCUT2D eigenvalue weighted by Gasteiger charge is -2.21. The van der Waals surface area contributed by atoms with Gasteiger partial charge in [0.2, 0.25) is 5.91 Å². The van der Waals surface area contributed by atoms with Crippen molar-refractivity contribution in [3.05, 3.63) is 53.7 Å². The number of carbonyl (C=O) groups is 1. The van der Waals surface area contributed by atoms with Crippen LogP contribution in [-0.4, -0.2) is 52.0 Å². The maximum absolute atomic E-state index is 12.5. The minimum absolute atomic E-state index is 0.0728. The molecule has 1 aliphatic heterocycles. The van der Waals surface area contributed by atoms with Crippen LogP contribution in [0.3, 0.4) is 0 Å². The predicted octanol–water partition coefficient (Wildman–Crippen LogP) is 1.44. The molecule has 0 atom stereocenters. The normalized spacial score (nSPS) is 16.1. The summed E-state index contributed by atoms with van der Waals surface area (Å²) in [6, 6.07) is 7.50. The Morgan fingerprint density at radius 2 is 2.04 bits per heavy atom. The first-order chi connectivity index (χ1) is 11.7. The van der Waals surface area contributed by atoms with Crippen LogP contribution in [0.4, 0.5) is 0 Å². The van der Waals surface area contributed by atoms with Crippen LogP contribution in [-0.2, 0) is 24.4 Å². The second kappa shape index (κ2) is 8.08. The van der Waals surface area contributed by atoms with Crippen molar-refractivity contribution in [3.63, 3.8) is 0 Å². The Labute approximate surface area is 141 Å². The number of aliphatic hydroxyl groups excluding tert-OH is 1. The van der Waals surface area contributed by atoms with Gasteiger partial charge in [0.25, 0.3) is 0 Å². The summed E-state index contributed by atoms with van der Waals surface area (Å²) >= 11 is 0. The lowest BCUT2D eigenvalue weighted by molar-refractivity contribution is -0.130. The summed E-state index contributed by atoms with van der Waals surface area (Å²) < 4.78 is 5.55. The molecule has 128 valence electrons. The Morgan fingerprint density at radius 1 is 1.17 bits per heavy atom. The SMILES string of the molecule is O=C(Cc1cccnc1)N1CCCN(Cc2ccc(CO)o2)CC1. The quantitative estimate of drug-likeness (QED) is 0.899. The van der Waals surface area contributed by atoms with Crippen molar-refractivity contribution in [2.24, 2.45) is 0 Å². The first kappa shape index (κ1) is 16.7. The molecule has 1 saturated heterocycles. The monoisotopic (exact) mass is 329 g/mol. The number of aliphatic hydroxyl groups is 1. The Kier molecular flexibility index (Phi) is 5.61. The molecular weight excluding hydrogens is 306 g/mol. The van der Waals surface area contributed by atoms with Crippen molar-refractivity contribution in [3.8, 4) is 0 Å². The summed E-state index contributed by atoms with van der Waals surface area (Å²) in [5, 5.41) is 9.06. The number of pyridine rings is 1. The van der Waals surface area contributed by atoms with Crippen molar-refractivity contribution in [2.75, 3.05) is 26.2 Å². The highest BCUT2D eigenvalue weighted by Gasteiger charge is 2.20. The van der Waals surface area contributed by atoms with Crippen molar-refractivity contribution in [1.82, 2.24) is 14.8 Å². The molecular formula is C18H23N3O3. The van der Waals surface area contributed by atoms with E-state index in [2.05, 4.69) is 9.88 Å². The van der Waals surface area contributed by atoms with Crippen molar-refractivity contribution < 1.29 is 14.3 Å². The molecule has 3 heterocycles. The first-order valence-corrected chi connectivity index (χ1v) is 8.32. The van der Waals surface area contributed by atoms with Crippen molar-refractivity contribution in [1.29, 1.82) is 0 Å². The topological polar surface area (TPSA) is 69.8 Å². The molecule has 0 radical (unpaired) electrons. The molecule has 2 aromatic heterocycles. The van der Waals surface area contributed by atoms with Crippen LogP contribution in [0, 0.1) is 0 Å². The van der Waals surface area contributed by atoms with E-state index in [0.717, 1.165) is 43.9 Å². The second-order valence-corrected chi connectivity index (χ2v) is 6.07. The zero-order valence-electron chi connectivity index (χ0n) is 13.7. The minimum atomic E-state index is -0.0728. The zero-order chi connectivity index (χ0) is 16.8. The van der Waals surface area contributed by atoms with Crippen LogP contribution in [0.5, 0.6) is 0 Å². The Balaban J connectivity index is 1.51. The Morgan fingerprint density at radius 3 is 2.79 bits per heavy atom. The number of furan rings is 1. The number of amides is 1. The predicted molar refractivity (Wildman–Crippen MR) is 89.0 cm³/mol. The number of nitrogens with zero attached hydrogens (tertiary/aromatic N) is 3. The molecule has 1 aliphatic rings. The summed E-state index contributed by atoms with van der Waals surface area (Å²) in [5.41, 5.74) is 0.954. The largest absolute Gasteiger partial charge is 0.462 e.